The molecule has 28 heavy (non-hydrogen) atoms. The molecule has 0 aliphatic rings. The van der Waals surface area contributed by atoms with Gasteiger partial charge in [-0.05, 0) is 45.7 Å². The Hall–Kier alpha value is -2.81. The van der Waals surface area contributed by atoms with Gasteiger partial charge in [0.2, 0.25) is 0 Å². The summed E-state index contributed by atoms with van der Waals surface area (Å²) in [7, 11) is 0. The summed E-state index contributed by atoms with van der Waals surface area (Å²) in [6, 6.07) is 20.8. The second-order valence-electron chi connectivity index (χ2n) is 7.89. The molecule has 0 bridgehead atoms. The Bertz CT molecular complexity index is 928. The Morgan fingerprint density at radius 3 is 2.11 bits per heavy atom. The first-order valence-electron chi connectivity index (χ1n) is 10.1. The number of carbonyl (C=O) groups is 1. The molecular formula is C25H30N2O. The maximum absolute atomic E-state index is 12.6. The molecule has 3 nitrogen and oxygen atoms in total. The van der Waals surface area contributed by atoms with Crippen molar-refractivity contribution in [1.82, 2.24) is 5.32 Å². The van der Waals surface area contributed by atoms with E-state index in [1.165, 1.54) is 27.5 Å². The van der Waals surface area contributed by atoms with Crippen LogP contribution in [-0.2, 0) is 6.42 Å². The van der Waals surface area contributed by atoms with E-state index in [0.29, 0.717) is 18.4 Å². The fraction of sp³-hybridized carbons (Fsp3) is 0.320. The molecule has 0 fully saturated rings. The lowest BCUT2D eigenvalue weighted by molar-refractivity contribution is 0.252. The highest BCUT2D eigenvalue weighted by Crippen LogP contribution is 2.32. The Kier molecular flexibility index (Phi) is 6.35. The summed E-state index contributed by atoms with van der Waals surface area (Å²) >= 11 is 0. The van der Waals surface area contributed by atoms with Crippen molar-refractivity contribution in [3.8, 4) is 0 Å². The van der Waals surface area contributed by atoms with E-state index in [4.69, 9.17) is 0 Å². The summed E-state index contributed by atoms with van der Waals surface area (Å²) < 4.78 is 0. The molecule has 0 radical (unpaired) electrons. The topological polar surface area (TPSA) is 41.1 Å². The Morgan fingerprint density at radius 2 is 1.43 bits per heavy atom. The smallest absolute Gasteiger partial charge is 0.319 e. The SMILES string of the molecule is CC(C)c1cccc(C(C)C)c1NC(=O)NCCc1cccc2ccccc12. The van der Waals surface area contributed by atoms with Crippen molar-refractivity contribution in [2.75, 3.05) is 11.9 Å². The molecule has 0 saturated carbocycles. The minimum Gasteiger partial charge on any atom is -0.338 e. The summed E-state index contributed by atoms with van der Waals surface area (Å²) in [5.74, 6) is 0.703. The van der Waals surface area contributed by atoms with Crippen LogP contribution in [0.4, 0.5) is 10.5 Å². The van der Waals surface area contributed by atoms with Crippen molar-refractivity contribution in [1.29, 1.82) is 0 Å². The molecule has 0 spiro atoms. The maximum Gasteiger partial charge on any atom is 0.319 e. The van der Waals surface area contributed by atoms with Crippen LogP contribution in [0.25, 0.3) is 10.8 Å². The van der Waals surface area contributed by atoms with Crippen LogP contribution >= 0.6 is 0 Å². The maximum atomic E-state index is 12.6. The number of para-hydroxylation sites is 1. The van der Waals surface area contributed by atoms with Crippen molar-refractivity contribution in [2.45, 2.75) is 46.0 Å². The van der Waals surface area contributed by atoms with Crippen LogP contribution in [0.1, 0.15) is 56.2 Å². The van der Waals surface area contributed by atoms with Crippen molar-refractivity contribution < 1.29 is 4.79 Å². The zero-order chi connectivity index (χ0) is 20.1. The second-order valence-corrected chi connectivity index (χ2v) is 7.89. The van der Waals surface area contributed by atoms with E-state index in [2.05, 4.69) is 99.0 Å². The van der Waals surface area contributed by atoms with Crippen LogP contribution in [0.3, 0.4) is 0 Å². The third-order valence-electron chi connectivity index (χ3n) is 5.17. The van der Waals surface area contributed by atoms with E-state index < -0.39 is 0 Å². The van der Waals surface area contributed by atoms with Gasteiger partial charge in [0.1, 0.15) is 0 Å². The number of hydrogen-bond donors (Lipinski definition) is 2. The van der Waals surface area contributed by atoms with Crippen LogP contribution in [0.15, 0.2) is 60.7 Å². The van der Waals surface area contributed by atoms with Gasteiger partial charge in [0.05, 0.1) is 0 Å². The van der Waals surface area contributed by atoms with Crippen molar-refractivity contribution in [3.05, 3.63) is 77.4 Å². The van der Waals surface area contributed by atoms with Crippen molar-refractivity contribution in [2.24, 2.45) is 0 Å². The normalized spacial score (nSPS) is 11.2. The molecule has 3 aromatic rings. The van der Waals surface area contributed by atoms with Crippen LogP contribution < -0.4 is 10.6 Å². The number of rotatable bonds is 6. The Morgan fingerprint density at radius 1 is 0.821 bits per heavy atom. The fourth-order valence-electron chi connectivity index (χ4n) is 3.67. The highest BCUT2D eigenvalue weighted by Gasteiger charge is 2.15. The van der Waals surface area contributed by atoms with E-state index in [1.54, 1.807) is 0 Å². The van der Waals surface area contributed by atoms with Gasteiger partial charge in [0.15, 0.2) is 0 Å². The van der Waals surface area contributed by atoms with Gasteiger partial charge in [-0.25, -0.2) is 4.79 Å². The molecule has 0 heterocycles. The molecule has 0 aliphatic heterocycles. The summed E-state index contributed by atoms with van der Waals surface area (Å²) in [5.41, 5.74) is 4.56. The minimum absolute atomic E-state index is 0.143. The first-order chi connectivity index (χ1) is 13.5. The minimum atomic E-state index is -0.143. The molecule has 2 N–H and O–H groups in total. The highest BCUT2D eigenvalue weighted by atomic mass is 16.2. The first kappa shape index (κ1) is 19.9. The van der Waals surface area contributed by atoms with Crippen LogP contribution in [0.2, 0.25) is 0 Å². The summed E-state index contributed by atoms with van der Waals surface area (Å²) in [4.78, 5) is 12.6. The summed E-state index contributed by atoms with van der Waals surface area (Å²) in [6.07, 6.45) is 0.803. The van der Waals surface area contributed by atoms with Gasteiger partial charge in [-0.1, -0.05) is 88.4 Å². The lowest BCUT2D eigenvalue weighted by Gasteiger charge is -2.20. The zero-order valence-corrected chi connectivity index (χ0v) is 17.3. The predicted octanol–water partition coefficient (Wildman–Crippen LogP) is 6.45. The molecule has 0 unspecified atom stereocenters. The van der Waals surface area contributed by atoms with Gasteiger partial charge >= 0.3 is 6.03 Å². The molecule has 2 amide bonds. The standard InChI is InChI=1S/C25H30N2O/c1-17(2)21-13-8-14-22(18(3)4)24(21)27-25(28)26-16-15-20-11-7-10-19-9-5-6-12-23(19)20/h5-14,17-18H,15-16H2,1-4H3,(H2,26,27,28). The number of nitrogens with one attached hydrogen (secondary N) is 2. The third kappa shape index (κ3) is 4.53. The monoisotopic (exact) mass is 374 g/mol. The van der Waals surface area contributed by atoms with Crippen molar-refractivity contribution >= 4 is 22.5 Å². The quantitative estimate of drug-likeness (QED) is 0.511. The second kappa shape index (κ2) is 8.92. The zero-order valence-electron chi connectivity index (χ0n) is 17.3. The number of anilines is 1. The van der Waals surface area contributed by atoms with Crippen LogP contribution in [-0.4, -0.2) is 12.6 Å². The number of carbonyl (C=O) groups excluding carboxylic acids is 1. The molecule has 0 atom stereocenters. The van der Waals surface area contributed by atoms with Crippen LogP contribution in [0, 0.1) is 0 Å². The Labute approximate surface area is 168 Å². The number of amides is 2. The molecule has 3 rings (SSSR count). The lowest BCUT2D eigenvalue weighted by atomic mass is 9.93. The largest absolute Gasteiger partial charge is 0.338 e. The van der Waals surface area contributed by atoms with Gasteiger partial charge in [-0.3, -0.25) is 0 Å². The fourth-order valence-corrected chi connectivity index (χ4v) is 3.67. The highest BCUT2D eigenvalue weighted by molar-refractivity contribution is 5.91. The van der Waals surface area contributed by atoms with Crippen LogP contribution in [0.5, 0.6) is 0 Å². The lowest BCUT2D eigenvalue weighted by Crippen LogP contribution is -2.31. The molecule has 3 heteroatoms. The number of hydrogen-bond acceptors (Lipinski definition) is 1. The predicted molar refractivity (Wildman–Crippen MR) is 119 cm³/mol. The molecular weight excluding hydrogens is 344 g/mol. The molecule has 0 aliphatic carbocycles. The first-order valence-corrected chi connectivity index (χ1v) is 10.1. The van der Waals surface area contributed by atoms with Crippen molar-refractivity contribution in [3.63, 3.8) is 0 Å². The number of benzene rings is 3. The average Bonchev–Trinajstić information content (AvgIpc) is 2.68. The summed E-state index contributed by atoms with van der Waals surface area (Å²) in [6.45, 7) is 9.22. The molecule has 0 saturated heterocycles. The Balaban J connectivity index is 1.68. The number of urea groups is 1. The van der Waals surface area contributed by atoms with E-state index in [0.717, 1.165) is 12.1 Å². The van der Waals surface area contributed by atoms with E-state index in [-0.39, 0.29) is 6.03 Å². The van der Waals surface area contributed by atoms with E-state index >= 15 is 0 Å². The van der Waals surface area contributed by atoms with Gasteiger partial charge in [-0.2, -0.15) is 0 Å². The van der Waals surface area contributed by atoms with E-state index in [1.807, 2.05) is 0 Å². The van der Waals surface area contributed by atoms with Gasteiger partial charge in [0.25, 0.3) is 0 Å². The molecule has 3 aromatic carbocycles. The average molecular weight is 375 g/mol. The number of fused-ring (bicyclic) bond motifs is 1. The van der Waals surface area contributed by atoms with E-state index in [9.17, 15) is 4.79 Å². The molecule has 0 aromatic heterocycles. The molecule has 146 valence electrons. The third-order valence-corrected chi connectivity index (χ3v) is 5.17. The van der Waals surface area contributed by atoms with Gasteiger partial charge in [0, 0.05) is 12.2 Å². The summed E-state index contributed by atoms with van der Waals surface area (Å²) in [5, 5.41) is 8.62. The van der Waals surface area contributed by atoms with Gasteiger partial charge < -0.3 is 10.6 Å². The van der Waals surface area contributed by atoms with Gasteiger partial charge in [-0.15, -0.1) is 0 Å².